The molecule has 44 nitrogen and oxygen atoms in total. The second kappa shape index (κ2) is 48.5. The molecular weight excluding hydrogens is 1760 g/mol. The van der Waals surface area contributed by atoms with E-state index in [0.29, 0.717) is 53.3 Å². The average Bonchev–Trinajstić information content (AvgIpc) is 1.61. The molecule has 20 N–H and O–H groups in total. The highest BCUT2D eigenvalue weighted by Crippen LogP contribution is 2.32. The summed E-state index contributed by atoms with van der Waals surface area (Å²) in [6.07, 6.45) is -0.275. The van der Waals surface area contributed by atoms with Gasteiger partial charge in [-0.15, -0.1) is 16.9 Å². The summed E-state index contributed by atoms with van der Waals surface area (Å²) in [6, 6.07) is 4.42. The van der Waals surface area contributed by atoms with Crippen LogP contribution in [0.2, 0.25) is 0 Å². The molecule has 134 heavy (non-hydrogen) atoms. The van der Waals surface area contributed by atoms with Gasteiger partial charge in [-0.3, -0.25) is 81.5 Å². The molecule has 720 valence electrons. The summed E-state index contributed by atoms with van der Waals surface area (Å²) in [6.45, 7) is 1.74. The van der Waals surface area contributed by atoms with Gasteiger partial charge in [0.25, 0.3) is 0 Å². The third-order valence-corrected chi connectivity index (χ3v) is 25.0. The number of amides is 14. The maximum atomic E-state index is 15.7. The maximum absolute atomic E-state index is 15.7. The van der Waals surface area contributed by atoms with E-state index in [4.69, 9.17) is 11.5 Å². The third-order valence-electron chi connectivity index (χ3n) is 24.0. The van der Waals surface area contributed by atoms with Gasteiger partial charge in [-0.1, -0.05) is 112 Å². The van der Waals surface area contributed by atoms with Crippen LogP contribution in [0.3, 0.4) is 0 Å². The summed E-state index contributed by atoms with van der Waals surface area (Å²) in [7, 11) is 2.53. The number of thioether (sulfide) groups is 1. The number of hydrogen-bond donors (Lipinski definition) is 18. The lowest BCUT2D eigenvalue weighted by Gasteiger charge is -2.32. The first kappa shape index (κ1) is 102. The summed E-state index contributed by atoms with van der Waals surface area (Å²) in [5.41, 5.74) is 14.0. The van der Waals surface area contributed by atoms with Crippen LogP contribution in [0.5, 0.6) is 5.75 Å². The highest BCUT2D eigenvalue weighted by atomic mass is 32.2. The number of Topliss-reactive ketones (excluding diaryl/α,β-unsaturated/α-hetero) is 1. The Labute approximate surface area is 773 Å². The number of nitrogens with two attached hydrogens (primary N) is 2. The number of primary amides is 1. The predicted octanol–water partition coefficient (Wildman–Crippen LogP) is -1.98. The number of rotatable bonds is 24. The molecule has 0 bridgehead atoms. The number of aliphatic hydroxyl groups excluding tert-OH is 2. The molecule has 0 saturated carbocycles. The number of aliphatic carboxylic acids is 2. The number of fused-ring (bicyclic) bond motifs is 5. The number of phenols is 1. The van der Waals surface area contributed by atoms with Crippen LogP contribution in [-0.2, 0) is 107 Å². The standard InChI is InChI=1S/C89H116N22O22S/c1-6-8-22-68-84(128)101-65(39-90)82(126)103-67(80(124)94-42-73(91)116)45-134-46-74(117)96-63(32-49-25-27-55(113)28-26-49)86(130)107(4)48(3)78(122)100-64(38-76(120)121)88(132)109-31-15-24-69(109)85(129)99-62(36-54-41-92-47-95-54)81(125)97-60(29-30-75(118)119)87(131)110-43-56(114)37-71(110)72(115)35-52(33-53-40-93-59-21-13-12-20-58(53)59)79(123)102-66(44-112)83(127)98-61(34-51-18-14-17-50-16-10-11-19-57(50)51)77-104-105-106-111(77)70(23-9-7-2)89(133)108(68)5/h10-14,16-21,25-28,40-41,47-48,52,56,60-71,93,112-114H,6-9,15,22-24,29-39,42-46,90H2,1-5H3,(H2,91,116)(H,92,95)(H,94,124)(H,96,117)(H,97,125)(H,98,127)(H,99,129)(H,100,122)(H,101,128)(H,102,123)(H,103,126)(H,118,119)(H,120,121)/t48-,52+,56+,60-,61-,62-,63-,64-,65-,66-,67-,68-,69-,70-,71-/m0/s1. The van der Waals surface area contributed by atoms with Gasteiger partial charge in [0.1, 0.15) is 72.2 Å². The topological polar surface area (TPSA) is 653 Å². The molecule has 3 aromatic heterocycles. The van der Waals surface area contributed by atoms with Gasteiger partial charge in [0.15, 0.2) is 11.6 Å². The van der Waals surface area contributed by atoms with E-state index >= 15 is 28.8 Å². The van der Waals surface area contributed by atoms with Crippen molar-refractivity contribution >= 4 is 134 Å². The Balaban J connectivity index is 1.02. The van der Waals surface area contributed by atoms with Crippen molar-refractivity contribution in [1.82, 2.24) is 103 Å². The molecule has 2 fully saturated rings. The number of likely N-dealkylation sites (N-methyl/N-ethyl adjacent to an activating group) is 2. The highest BCUT2D eigenvalue weighted by molar-refractivity contribution is 8.00. The molecule has 14 amide bonds. The Morgan fingerprint density at radius 1 is 0.604 bits per heavy atom. The summed E-state index contributed by atoms with van der Waals surface area (Å²) >= 11 is 0.744. The molecule has 7 aromatic rings. The van der Waals surface area contributed by atoms with Crippen LogP contribution in [0.4, 0.5) is 0 Å². The minimum Gasteiger partial charge on any atom is -0.508 e. The second-order valence-corrected chi connectivity index (χ2v) is 34.6. The van der Waals surface area contributed by atoms with E-state index < -0.39 is 267 Å². The van der Waals surface area contributed by atoms with Crippen molar-refractivity contribution in [3.8, 4) is 5.75 Å². The van der Waals surface area contributed by atoms with Gasteiger partial charge in [-0.05, 0) is 102 Å². The fraction of sp³-hybridized carbons (Fsp3) is 0.494. The van der Waals surface area contributed by atoms with Crippen LogP contribution in [-0.4, -0.2) is 312 Å². The molecule has 4 aromatic carbocycles. The molecule has 3 aliphatic rings. The first-order chi connectivity index (χ1) is 64.1. The smallest absolute Gasteiger partial charge is 0.305 e. The Hall–Kier alpha value is -13.8. The van der Waals surface area contributed by atoms with E-state index in [1.807, 2.05) is 38.1 Å². The van der Waals surface area contributed by atoms with Crippen molar-refractivity contribution < 1.29 is 107 Å². The molecule has 0 aliphatic carbocycles. The van der Waals surface area contributed by atoms with Gasteiger partial charge in [0.2, 0.25) is 82.7 Å². The van der Waals surface area contributed by atoms with E-state index in [1.165, 1.54) is 62.5 Å². The first-order valence-corrected chi connectivity index (χ1v) is 45.5. The highest BCUT2D eigenvalue weighted by Gasteiger charge is 2.47. The number of nitrogens with zero attached hydrogens (tertiary/aromatic N) is 9. The van der Waals surface area contributed by atoms with Gasteiger partial charge in [-0.2, -0.15) is 0 Å². The fourth-order valence-electron chi connectivity index (χ4n) is 16.6. The minimum absolute atomic E-state index is 0.00588. The summed E-state index contributed by atoms with van der Waals surface area (Å²) in [5.74, 6) is -20.4. The number of aromatic hydroxyl groups is 1. The summed E-state index contributed by atoms with van der Waals surface area (Å²) < 4.78 is 1.21. The van der Waals surface area contributed by atoms with Crippen molar-refractivity contribution in [2.75, 3.05) is 58.4 Å². The predicted molar refractivity (Wildman–Crippen MR) is 482 cm³/mol. The zero-order chi connectivity index (χ0) is 97.1. The van der Waals surface area contributed by atoms with Crippen molar-refractivity contribution in [2.45, 2.75) is 215 Å². The lowest BCUT2D eigenvalue weighted by atomic mass is 9.90. The summed E-state index contributed by atoms with van der Waals surface area (Å²) in [4.78, 5) is 260. The number of aromatic nitrogens is 7. The average molecular weight is 1880 g/mol. The minimum atomic E-state index is -1.94. The van der Waals surface area contributed by atoms with Gasteiger partial charge in [0, 0.05) is 113 Å². The number of nitrogens with one attached hydrogen (secondary N) is 11. The number of ketones is 1. The van der Waals surface area contributed by atoms with Crippen LogP contribution < -0.4 is 59.3 Å². The largest absolute Gasteiger partial charge is 0.508 e. The Morgan fingerprint density at radius 2 is 1.25 bits per heavy atom. The number of carboxylic acid groups (broad SMARTS) is 2. The van der Waals surface area contributed by atoms with Crippen LogP contribution in [0.15, 0.2) is 110 Å². The molecule has 0 radical (unpaired) electrons. The number of hydrogen-bond acceptors (Lipinski definition) is 26. The molecule has 0 spiro atoms. The number of carboxylic acids is 2. The zero-order valence-electron chi connectivity index (χ0n) is 74.8. The normalized spacial score (nSPS) is 24.7. The van der Waals surface area contributed by atoms with Crippen molar-refractivity contribution in [2.24, 2.45) is 17.4 Å². The number of para-hydroxylation sites is 1. The number of carbonyl (C=O) groups excluding carboxylic acids is 15. The maximum Gasteiger partial charge on any atom is 0.305 e. The molecule has 15 atom stereocenters. The zero-order valence-corrected chi connectivity index (χ0v) is 75.6. The first-order valence-electron chi connectivity index (χ1n) is 44.3. The number of benzene rings is 4. The quantitative estimate of drug-likeness (QED) is 0.0312. The van der Waals surface area contributed by atoms with Gasteiger partial charge in [0.05, 0.1) is 49.8 Å². The number of carbonyl (C=O) groups is 17. The monoisotopic (exact) mass is 1880 g/mol. The number of aliphatic hydroxyl groups is 2. The Morgan fingerprint density at radius 3 is 1.94 bits per heavy atom. The van der Waals surface area contributed by atoms with Crippen molar-refractivity contribution in [3.05, 3.63) is 138 Å². The van der Waals surface area contributed by atoms with E-state index in [0.717, 1.165) is 42.1 Å². The number of imidazole rings is 1. The van der Waals surface area contributed by atoms with E-state index in [2.05, 4.69) is 78.3 Å². The Bertz CT molecular complexity index is 5380. The van der Waals surface area contributed by atoms with Gasteiger partial charge >= 0.3 is 11.9 Å². The SMILES string of the molecule is CCCC[C@H]1C(=O)N[C@@H](CN)C(=O)N[C@H](C(=O)NCC(N)=O)CSCC(=O)N[C@@H](Cc2ccc(O)cc2)C(=O)N(C)[C@@H](C)C(=O)N[C@@H](CC(=O)O)C(=O)N2CCC[C@H]2C(=O)N[C@@H](Cc2cnc[nH]2)C(=O)N[C@@H](CCC(=O)O)C(=O)N2C[C@H](O)C[C@H]2C(=O)C[C@@H](Cc2c[nH]c3ccccc23)C(=O)N[C@@H](CO)C(=O)N[C@@H](Cc2cccc3ccccc23)c2nnnn2[C@@H](CCCC)C(=O)N1C. The summed E-state index contributed by atoms with van der Waals surface area (Å²) in [5, 5.41) is 91.6. The molecule has 6 heterocycles. The van der Waals surface area contributed by atoms with Crippen molar-refractivity contribution in [3.63, 3.8) is 0 Å². The third kappa shape index (κ3) is 27.2. The van der Waals surface area contributed by atoms with Gasteiger partial charge < -0.3 is 114 Å². The Kier molecular flexibility index (Phi) is 37.1. The molecule has 3 aliphatic heterocycles. The van der Waals surface area contributed by atoms with Crippen LogP contribution in [0.25, 0.3) is 21.7 Å². The van der Waals surface area contributed by atoms with Crippen molar-refractivity contribution in [1.29, 1.82) is 0 Å². The lowest BCUT2D eigenvalue weighted by Crippen LogP contribution is -2.60. The molecule has 0 unspecified atom stereocenters. The van der Waals surface area contributed by atoms with Crippen LogP contribution in [0.1, 0.15) is 145 Å². The van der Waals surface area contributed by atoms with E-state index in [9.17, 15) is 78.3 Å². The lowest BCUT2D eigenvalue weighted by molar-refractivity contribution is -0.147. The number of aromatic amines is 2. The second-order valence-electron chi connectivity index (χ2n) is 33.6. The molecule has 45 heteroatoms. The molecule has 10 rings (SSSR count). The number of tetrazole rings is 1. The van der Waals surface area contributed by atoms with Gasteiger partial charge in [-0.25, -0.2) is 9.67 Å². The van der Waals surface area contributed by atoms with Crippen LogP contribution >= 0.6 is 11.8 Å². The molecule has 2 saturated heterocycles. The van der Waals surface area contributed by atoms with E-state index in [-0.39, 0.29) is 68.8 Å². The number of phenolic OH excluding ortho intramolecular Hbond substituents is 1. The van der Waals surface area contributed by atoms with E-state index in [1.54, 1.807) is 48.7 Å². The molecular formula is C89H116N22O22S. The fourth-order valence-corrected chi connectivity index (χ4v) is 17.5. The number of H-pyrrole nitrogens is 2. The number of unbranched alkanes of at least 4 members (excludes halogenated alkanes) is 2. The van der Waals surface area contributed by atoms with Crippen LogP contribution in [0, 0.1) is 5.92 Å².